The van der Waals surface area contributed by atoms with Crippen molar-refractivity contribution >= 4 is 16.5 Å². The molecule has 0 aromatic rings. The molecule has 3 nitrogen and oxygen atoms in total. The van der Waals surface area contributed by atoms with E-state index in [4.69, 9.17) is 0 Å². The second-order valence-electron chi connectivity index (χ2n) is 3.01. The molecular formula is C9H16NO2S-. The van der Waals surface area contributed by atoms with Crippen molar-refractivity contribution in [2.24, 2.45) is 10.3 Å². The molecule has 13 heavy (non-hydrogen) atoms. The maximum absolute atomic E-state index is 11.1. The van der Waals surface area contributed by atoms with Gasteiger partial charge in [-0.1, -0.05) is 30.7 Å². The van der Waals surface area contributed by atoms with E-state index < -0.39 is 10.6 Å². The van der Waals surface area contributed by atoms with Crippen LogP contribution in [0.5, 0.6) is 0 Å². The zero-order valence-corrected chi connectivity index (χ0v) is 9.13. The molecule has 0 N–H and O–H groups in total. The van der Waals surface area contributed by atoms with E-state index in [2.05, 4.69) is 4.36 Å². The van der Waals surface area contributed by atoms with Crippen LogP contribution in [-0.4, -0.2) is 11.7 Å². The van der Waals surface area contributed by atoms with E-state index in [0.29, 0.717) is 11.7 Å². The van der Waals surface area contributed by atoms with Crippen molar-refractivity contribution in [1.82, 2.24) is 0 Å². The number of carbonyl (C=O) groups excluding carboxylic acids is 1. The van der Waals surface area contributed by atoms with Crippen LogP contribution < -0.4 is 0 Å². The molecule has 1 atom stereocenters. The normalized spacial score (nSPS) is 16.2. The summed E-state index contributed by atoms with van der Waals surface area (Å²) in [5.41, 5.74) is 0. The highest BCUT2D eigenvalue weighted by Gasteiger charge is 1.93. The fourth-order valence-corrected chi connectivity index (χ4v) is 1.84. The molecule has 0 saturated carbocycles. The van der Waals surface area contributed by atoms with Crippen molar-refractivity contribution in [3.05, 3.63) is 12.2 Å². The third-order valence-electron chi connectivity index (χ3n) is 1.43. The number of carbonyl (C=O) groups is 1. The van der Waals surface area contributed by atoms with Crippen LogP contribution in [0, 0.1) is 5.92 Å². The Kier molecular flexibility index (Phi) is 6.49. The van der Waals surface area contributed by atoms with Gasteiger partial charge in [-0.25, -0.2) is 0 Å². The minimum Gasteiger partial charge on any atom is -0.444 e. The lowest BCUT2D eigenvalue weighted by Crippen LogP contribution is -2.02. The maximum Gasteiger partial charge on any atom is 0.219 e. The third-order valence-corrected chi connectivity index (χ3v) is 2.75. The molecule has 0 rings (SSSR count). The summed E-state index contributed by atoms with van der Waals surface area (Å²) >= 11 is 0. The van der Waals surface area contributed by atoms with Crippen LogP contribution in [0.2, 0.25) is 0 Å². The van der Waals surface area contributed by atoms with Crippen LogP contribution in [-0.2, 0) is 19.6 Å². The second-order valence-corrected chi connectivity index (χ2v) is 4.17. The van der Waals surface area contributed by atoms with Gasteiger partial charge in [-0.15, -0.1) is 0 Å². The summed E-state index contributed by atoms with van der Waals surface area (Å²) in [4.78, 5) is 10.5. The van der Waals surface area contributed by atoms with Crippen LogP contribution in [0.3, 0.4) is 0 Å². The van der Waals surface area contributed by atoms with Crippen molar-refractivity contribution in [2.75, 3.05) is 5.75 Å². The zero-order chi connectivity index (χ0) is 10.3. The van der Waals surface area contributed by atoms with Gasteiger partial charge in [0.15, 0.2) is 0 Å². The first-order valence-electron chi connectivity index (χ1n) is 4.28. The molecule has 0 heterocycles. The number of hydrogen-bond acceptors (Lipinski definition) is 3. The van der Waals surface area contributed by atoms with Crippen LogP contribution in [0.25, 0.3) is 0 Å². The average Bonchev–Trinajstić information content (AvgIpc) is 1.98. The SMILES string of the molecule is C/C=C\C[C@H](C)C[S-](=O)=NC(C)=O. The van der Waals surface area contributed by atoms with Crippen molar-refractivity contribution in [2.45, 2.75) is 27.2 Å². The molecule has 0 aromatic heterocycles. The van der Waals surface area contributed by atoms with E-state index in [-0.39, 0.29) is 5.91 Å². The van der Waals surface area contributed by atoms with Gasteiger partial charge in [0.25, 0.3) is 0 Å². The summed E-state index contributed by atoms with van der Waals surface area (Å²) in [5, 5.41) is 0. The number of hydrogen-bond donors (Lipinski definition) is 0. The first-order chi connectivity index (χ1) is 6.06. The number of allylic oxidation sites excluding steroid dienone is 2. The zero-order valence-electron chi connectivity index (χ0n) is 8.32. The molecule has 76 valence electrons. The largest absolute Gasteiger partial charge is 0.444 e. The van der Waals surface area contributed by atoms with E-state index >= 15 is 0 Å². The van der Waals surface area contributed by atoms with Crippen molar-refractivity contribution < 1.29 is 9.00 Å². The fraction of sp³-hybridized carbons (Fsp3) is 0.667. The molecular weight excluding hydrogens is 186 g/mol. The van der Waals surface area contributed by atoms with Crippen LogP contribution in [0.1, 0.15) is 27.2 Å². The van der Waals surface area contributed by atoms with Gasteiger partial charge in [0.05, 0.1) is 0 Å². The average molecular weight is 202 g/mol. The number of rotatable bonds is 4. The van der Waals surface area contributed by atoms with Crippen LogP contribution >= 0.6 is 0 Å². The minimum absolute atomic E-state index is 0.306. The van der Waals surface area contributed by atoms with Crippen molar-refractivity contribution in [3.63, 3.8) is 0 Å². The molecule has 4 heteroatoms. The predicted octanol–water partition coefficient (Wildman–Crippen LogP) is 2.28. The summed E-state index contributed by atoms with van der Waals surface area (Å²) in [5.74, 6) is 0.404. The molecule has 0 saturated heterocycles. The van der Waals surface area contributed by atoms with Gasteiger partial charge in [-0.3, -0.25) is 4.79 Å². The molecule has 1 amide bonds. The number of amides is 1. The number of nitrogens with zero attached hydrogens (tertiary/aromatic N) is 1. The maximum atomic E-state index is 11.1. The monoisotopic (exact) mass is 202 g/mol. The van der Waals surface area contributed by atoms with E-state index in [9.17, 15) is 9.00 Å². The quantitative estimate of drug-likeness (QED) is 0.518. The van der Waals surface area contributed by atoms with Gasteiger partial charge >= 0.3 is 0 Å². The first kappa shape index (κ1) is 12.4. The van der Waals surface area contributed by atoms with Crippen molar-refractivity contribution in [3.8, 4) is 0 Å². The third kappa shape index (κ3) is 7.71. The molecule has 0 aliphatic carbocycles. The highest BCUT2D eigenvalue weighted by atomic mass is 32.2. The lowest BCUT2D eigenvalue weighted by Gasteiger charge is -2.10. The Morgan fingerprint density at radius 1 is 1.62 bits per heavy atom. The fourth-order valence-electron chi connectivity index (χ4n) is 0.860. The first-order valence-corrected chi connectivity index (χ1v) is 5.55. The summed E-state index contributed by atoms with van der Waals surface area (Å²) in [6, 6.07) is 0. The van der Waals surface area contributed by atoms with Crippen molar-refractivity contribution in [1.29, 1.82) is 0 Å². The van der Waals surface area contributed by atoms with Crippen LogP contribution in [0.4, 0.5) is 0 Å². The molecule has 0 spiro atoms. The van der Waals surface area contributed by atoms with E-state index in [1.54, 1.807) is 0 Å². The summed E-state index contributed by atoms with van der Waals surface area (Å²) < 4.78 is 14.6. The molecule has 0 unspecified atom stereocenters. The van der Waals surface area contributed by atoms with Gasteiger partial charge < -0.3 is 8.57 Å². The summed E-state index contributed by atoms with van der Waals surface area (Å²) in [7, 11) is -1.34. The Labute approximate surface area is 81.4 Å². The molecule has 0 fully saturated rings. The Bertz CT molecular complexity index is 265. The topological polar surface area (TPSA) is 46.5 Å². The molecule has 0 aliphatic rings. The smallest absolute Gasteiger partial charge is 0.219 e. The second kappa shape index (κ2) is 6.83. The van der Waals surface area contributed by atoms with E-state index in [1.807, 2.05) is 26.0 Å². The predicted molar refractivity (Wildman–Crippen MR) is 54.6 cm³/mol. The Morgan fingerprint density at radius 2 is 2.23 bits per heavy atom. The van der Waals surface area contributed by atoms with E-state index in [0.717, 1.165) is 6.42 Å². The summed E-state index contributed by atoms with van der Waals surface area (Å²) in [6.45, 7) is 5.26. The standard InChI is InChI=1S/C9H16NO2S/c1-4-5-6-8(2)7-13(12)10-9(3)11/h4-5,8H,6-7H2,1-3H3/q-1/b5-4-/t8-/m0/s1. The van der Waals surface area contributed by atoms with Gasteiger partial charge in [0.1, 0.15) is 0 Å². The lowest BCUT2D eigenvalue weighted by atomic mass is 10.1. The molecule has 0 radical (unpaired) electrons. The van der Waals surface area contributed by atoms with Gasteiger partial charge in [-0.05, 0) is 13.3 Å². The highest BCUT2D eigenvalue weighted by molar-refractivity contribution is 7.75. The van der Waals surface area contributed by atoms with Gasteiger partial charge in [-0.2, -0.15) is 10.6 Å². The highest BCUT2D eigenvalue weighted by Crippen LogP contribution is 2.03. The Hall–Kier alpha value is -0.640. The molecule has 0 aliphatic heterocycles. The lowest BCUT2D eigenvalue weighted by molar-refractivity contribution is -0.115. The Morgan fingerprint density at radius 3 is 2.69 bits per heavy atom. The Balaban J connectivity index is 3.98. The van der Waals surface area contributed by atoms with E-state index in [1.165, 1.54) is 6.92 Å². The minimum atomic E-state index is -1.34. The molecule has 0 bridgehead atoms. The van der Waals surface area contributed by atoms with Gasteiger partial charge in [0.2, 0.25) is 5.91 Å². The summed E-state index contributed by atoms with van der Waals surface area (Å²) in [6.07, 6.45) is 4.87. The van der Waals surface area contributed by atoms with Crippen LogP contribution in [0.15, 0.2) is 16.5 Å². The molecule has 0 aromatic carbocycles. The van der Waals surface area contributed by atoms with Gasteiger partial charge in [0, 0.05) is 6.92 Å².